The van der Waals surface area contributed by atoms with Crippen molar-refractivity contribution in [1.82, 2.24) is 4.90 Å². The van der Waals surface area contributed by atoms with Crippen molar-refractivity contribution in [2.24, 2.45) is 4.36 Å². The number of nitrogens with zero attached hydrogens (tertiary/aromatic N) is 3. The molecule has 0 radical (unpaired) electrons. The Kier molecular flexibility index (Phi) is 5.29. The highest BCUT2D eigenvalue weighted by Crippen LogP contribution is 2.18. The third-order valence-corrected chi connectivity index (χ3v) is 3.91. The average molecular weight is 285 g/mol. The number of halogens is 3. The highest BCUT2D eigenvalue weighted by molar-refractivity contribution is 7.94. The van der Waals surface area contributed by atoms with Gasteiger partial charge in [0.25, 0.3) is 0 Å². The third kappa shape index (κ3) is 4.70. The molecule has 0 aromatic carbocycles. The Bertz CT molecular complexity index is 500. The fraction of sp³-hybridized carbons (Fsp3) is 0.625. The van der Waals surface area contributed by atoms with E-state index in [2.05, 4.69) is 4.36 Å². The van der Waals surface area contributed by atoms with Gasteiger partial charge in [-0.25, -0.2) is 4.21 Å². The van der Waals surface area contributed by atoms with E-state index in [4.69, 9.17) is 5.26 Å². The van der Waals surface area contributed by atoms with Gasteiger partial charge in [0, 0.05) is 12.8 Å². The van der Waals surface area contributed by atoms with E-state index >= 15 is 0 Å². The minimum atomic E-state index is -5.23. The van der Waals surface area contributed by atoms with Gasteiger partial charge in [-0.05, 0) is 0 Å². The normalized spacial score (nSPS) is 14.2. The number of nitriles is 1. The van der Waals surface area contributed by atoms with Gasteiger partial charge in [0.15, 0.2) is 6.19 Å². The van der Waals surface area contributed by atoms with E-state index in [1.807, 2.05) is 0 Å². The van der Waals surface area contributed by atoms with Crippen molar-refractivity contribution in [3.05, 3.63) is 0 Å². The summed E-state index contributed by atoms with van der Waals surface area (Å²) in [6, 6.07) is 0. The first kappa shape index (κ1) is 16.4. The molecule has 0 aromatic rings. The van der Waals surface area contributed by atoms with Crippen molar-refractivity contribution >= 4 is 21.5 Å². The minimum absolute atomic E-state index is 0.403. The van der Waals surface area contributed by atoms with Crippen molar-refractivity contribution in [3.8, 4) is 6.19 Å². The summed E-state index contributed by atoms with van der Waals surface area (Å²) in [7, 11) is -2.59. The lowest BCUT2D eigenvalue weighted by molar-refractivity contribution is -0.169. The van der Waals surface area contributed by atoms with Crippen LogP contribution >= 0.6 is 0 Å². The third-order valence-electron chi connectivity index (χ3n) is 1.82. The van der Waals surface area contributed by atoms with Crippen LogP contribution in [0, 0.1) is 11.5 Å². The first-order chi connectivity index (χ1) is 8.05. The van der Waals surface area contributed by atoms with E-state index in [0.29, 0.717) is 4.90 Å². The molecule has 18 heavy (non-hydrogen) atoms. The van der Waals surface area contributed by atoms with Gasteiger partial charge < -0.3 is 0 Å². The van der Waals surface area contributed by atoms with Crippen LogP contribution in [-0.4, -0.2) is 45.7 Å². The molecule has 0 spiro atoms. The van der Waals surface area contributed by atoms with E-state index in [9.17, 15) is 27.0 Å². The standard InChI is InChI=1S/C8H10F3N3O3S/c1-3-18(17,4-6(15)14(2)5-12)13-7(16)8(9,10)11/h3-4H2,1-2H3. The lowest BCUT2D eigenvalue weighted by atomic mass is 10.6. The Morgan fingerprint density at radius 3 is 2.28 bits per heavy atom. The molecular formula is C8H10F3N3O3S. The molecular weight excluding hydrogens is 275 g/mol. The Hall–Kier alpha value is -1.63. The Morgan fingerprint density at radius 2 is 1.94 bits per heavy atom. The van der Waals surface area contributed by atoms with Crippen molar-refractivity contribution in [1.29, 1.82) is 5.26 Å². The molecule has 10 heteroatoms. The number of amides is 2. The summed E-state index contributed by atoms with van der Waals surface area (Å²) < 4.78 is 50.2. The number of alkyl halides is 3. The molecule has 1 unspecified atom stereocenters. The maximum Gasteiger partial charge on any atom is 0.474 e. The number of carbonyl (C=O) groups excluding carboxylic acids is 2. The zero-order valence-corrected chi connectivity index (χ0v) is 10.3. The number of hydrogen-bond donors (Lipinski definition) is 0. The Balaban J connectivity index is 5.24. The second-order valence-electron chi connectivity index (χ2n) is 3.15. The van der Waals surface area contributed by atoms with E-state index < -0.39 is 39.2 Å². The first-order valence-corrected chi connectivity index (χ1v) is 6.41. The van der Waals surface area contributed by atoms with Crippen LogP contribution in [0.3, 0.4) is 0 Å². The molecule has 0 aliphatic heterocycles. The van der Waals surface area contributed by atoms with Gasteiger partial charge in [-0.1, -0.05) is 6.92 Å². The van der Waals surface area contributed by atoms with Crippen LogP contribution in [0.5, 0.6) is 0 Å². The second kappa shape index (κ2) is 5.81. The van der Waals surface area contributed by atoms with Crippen LogP contribution in [0.4, 0.5) is 13.2 Å². The monoisotopic (exact) mass is 285 g/mol. The minimum Gasteiger partial charge on any atom is -0.273 e. The van der Waals surface area contributed by atoms with E-state index in [1.54, 1.807) is 0 Å². The van der Waals surface area contributed by atoms with Gasteiger partial charge in [0.2, 0.25) is 5.91 Å². The number of hydrogen-bond acceptors (Lipinski definition) is 4. The maximum absolute atomic E-state index is 12.0. The summed E-state index contributed by atoms with van der Waals surface area (Å²) in [6.07, 6.45) is -3.83. The molecule has 2 amide bonds. The predicted octanol–water partition coefficient (Wildman–Crippen LogP) is 0.503. The topological polar surface area (TPSA) is 90.6 Å². The zero-order chi connectivity index (χ0) is 14.6. The van der Waals surface area contributed by atoms with Crippen molar-refractivity contribution in [2.45, 2.75) is 13.1 Å². The van der Waals surface area contributed by atoms with E-state index in [1.165, 1.54) is 13.1 Å². The lowest BCUT2D eigenvalue weighted by Gasteiger charge is -2.10. The van der Waals surface area contributed by atoms with Gasteiger partial charge in [-0.15, -0.1) is 0 Å². The van der Waals surface area contributed by atoms with Crippen LogP contribution in [0.25, 0.3) is 0 Å². The van der Waals surface area contributed by atoms with Crippen LogP contribution in [0.2, 0.25) is 0 Å². The molecule has 0 rings (SSSR count). The molecule has 0 fully saturated rings. The summed E-state index contributed by atoms with van der Waals surface area (Å²) >= 11 is 0. The van der Waals surface area contributed by atoms with Gasteiger partial charge in [0.05, 0.1) is 9.73 Å². The summed E-state index contributed by atoms with van der Waals surface area (Å²) in [6.45, 7) is 1.23. The molecule has 0 heterocycles. The van der Waals surface area contributed by atoms with Crippen LogP contribution in [-0.2, 0) is 19.3 Å². The zero-order valence-electron chi connectivity index (χ0n) is 9.52. The van der Waals surface area contributed by atoms with E-state index in [0.717, 1.165) is 7.05 Å². The Morgan fingerprint density at radius 1 is 1.44 bits per heavy atom. The lowest BCUT2D eigenvalue weighted by Crippen LogP contribution is -2.31. The summed E-state index contributed by atoms with van der Waals surface area (Å²) in [5.41, 5.74) is 0. The molecule has 0 N–H and O–H groups in total. The molecule has 102 valence electrons. The molecule has 0 saturated carbocycles. The van der Waals surface area contributed by atoms with Gasteiger partial charge >= 0.3 is 12.1 Å². The van der Waals surface area contributed by atoms with Gasteiger partial charge in [-0.3, -0.25) is 14.5 Å². The molecule has 0 aromatic heterocycles. The maximum atomic E-state index is 12.0. The van der Waals surface area contributed by atoms with E-state index in [-0.39, 0.29) is 0 Å². The fourth-order valence-corrected chi connectivity index (χ4v) is 2.13. The first-order valence-electron chi connectivity index (χ1n) is 4.55. The average Bonchev–Trinajstić information content (AvgIpc) is 2.26. The summed E-state index contributed by atoms with van der Waals surface area (Å²) in [4.78, 5) is 22.4. The van der Waals surface area contributed by atoms with Gasteiger partial charge in [0.1, 0.15) is 5.75 Å². The van der Waals surface area contributed by atoms with Crippen LogP contribution in [0.15, 0.2) is 4.36 Å². The smallest absolute Gasteiger partial charge is 0.273 e. The molecule has 0 aliphatic rings. The summed E-state index contributed by atoms with van der Waals surface area (Å²) in [5, 5.41) is 8.37. The molecule has 1 atom stereocenters. The van der Waals surface area contributed by atoms with Crippen molar-refractivity contribution in [2.75, 3.05) is 18.6 Å². The van der Waals surface area contributed by atoms with Crippen molar-refractivity contribution < 1.29 is 27.0 Å². The van der Waals surface area contributed by atoms with Crippen molar-refractivity contribution in [3.63, 3.8) is 0 Å². The predicted molar refractivity (Wildman–Crippen MR) is 55.4 cm³/mol. The quantitative estimate of drug-likeness (QED) is 0.558. The molecule has 0 bridgehead atoms. The van der Waals surface area contributed by atoms with Crippen LogP contribution in [0.1, 0.15) is 6.92 Å². The second-order valence-corrected chi connectivity index (χ2v) is 5.75. The van der Waals surface area contributed by atoms with Gasteiger partial charge in [-0.2, -0.15) is 22.8 Å². The molecule has 0 aliphatic carbocycles. The highest BCUT2D eigenvalue weighted by atomic mass is 32.2. The van der Waals surface area contributed by atoms with Crippen LogP contribution < -0.4 is 0 Å². The SMILES string of the molecule is CCS(=O)(CC(=O)N(C)C#N)=NC(=O)C(F)(F)F. The number of rotatable bonds is 3. The molecule has 0 saturated heterocycles. The number of carbonyl (C=O) groups is 2. The highest BCUT2D eigenvalue weighted by Gasteiger charge is 2.40. The fourth-order valence-electron chi connectivity index (χ4n) is 0.747. The largest absolute Gasteiger partial charge is 0.474 e. The Labute approximate surface area is 102 Å². The molecule has 6 nitrogen and oxygen atoms in total. The summed E-state index contributed by atoms with van der Waals surface area (Å²) in [5.74, 6) is -4.78.